The van der Waals surface area contributed by atoms with Crippen molar-refractivity contribution in [1.29, 1.82) is 0 Å². The molecule has 3 aromatic rings. The van der Waals surface area contributed by atoms with Crippen molar-refractivity contribution in [1.82, 2.24) is 25.1 Å². The maximum Gasteiger partial charge on any atom is 0.274 e. The highest BCUT2D eigenvalue weighted by atomic mass is 35.5. The molecule has 3 amide bonds. The van der Waals surface area contributed by atoms with Crippen molar-refractivity contribution in [2.75, 3.05) is 78.0 Å². The molecule has 15 nitrogen and oxygen atoms in total. The van der Waals surface area contributed by atoms with E-state index in [-0.39, 0.29) is 102 Å². The zero-order chi connectivity index (χ0) is 42.8. The molecule has 0 aliphatic carbocycles. The highest BCUT2D eigenvalue weighted by Crippen LogP contribution is 2.26. The number of piperidine rings is 1. The Morgan fingerprint density at radius 2 is 1.26 bits per heavy atom. The number of hydrogen-bond acceptors (Lipinski definition) is 11. The molecular weight excluding hydrogens is 823 g/mol. The van der Waals surface area contributed by atoms with E-state index in [1.54, 1.807) is 23.9 Å². The summed E-state index contributed by atoms with van der Waals surface area (Å²) < 4.78 is 12.4. The predicted octanol–water partition coefficient (Wildman–Crippen LogP) is 0.906. The van der Waals surface area contributed by atoms with Gasteiger partial charge in [0.1, 0.15) is 24.7 Å². The number of nitrogens with one attached hydrogen (secondary N) is 1. The molecule has 2 unspecified atom stereocenters. The van der Waals surface area contributed by atoms with E-state index in [0.29, 0.717) is 37.4 Å². The number of ether oxygens (including phenoxy) is 2. The fourth-order valence-corrected chi connectivity index (χ4v) is 8.85. The molecule has 3 fully saturated rings. The third-order valence-corrected chi connectivity index (χ3v) is 12.4. The Balaban J connectivity index is 0.00000704. The van der Waals surface area contributed by atoms with Gasteiger partial charge in [0.05, 0.1) is 32.2 Å². The van der Waals surface area contributed by atoms with Crippen LogP contribution in [0.15, 0.2) is 48.5 Å². The highest BCUT2D eigenvalue weighted by molar-refractivity contribution is 6.31. The largest absolute Gasteiger partial charge is 1.00 e. The molecule has 3 saturated heterocycles. The van der Waals surface area contributed by atoms with Crippen molar-refractivity contribution in [2.45, 2.75) is 70.3 Å². The molecule has 0 spiro atoms. The van der Waals surface area contributed by atoms with Crippen LogP contribution >= 0.6 is 11.6 Å². The van der Waals surface area contributed by atoms with Gasteiger partial charge in [0.25, 0.3) is 5.91 Å². The first kappa shape index (κ1) is 47.1. The number of aromatic nitrogens is 2. The number of rotatable bonds is 20. The number of hydrogen-bond donors (Lipinski definition) is 3. The van der Waals surface area contributed by atoms with Gasteiger partial charge < -0.3 is 52.9 Å². The van der Waals surface area contributed by atoms with Crippen LogP contribution in [0.5, 0.6) is 11.5 Å². The maximum absolute atomic E-state index is 13.3. The summed E-state index contributed by atoms with van der Waals surface area (Å²) >= 11 is 6.08. The van der Waals surface area contributed by atoms with Crippen LogP contribution < -0.4 is 38.7 Å². The van der Waals surface area contributed by atoms with Gasteiger partial charge >= 0.3 is 0 Å². The van der Waals surface area contributed by atoms with E-state index in [2.05, 4.69) is 15.3 Å². The number of anilines is 2. The molecule has 61 heavy (non-hydrogen) atoms. The third-order valence-electron chi connectivity index (χ3n) is 12.1. The van der Waals surface area contributed by atoms with Crippen LogP contribution in [-0.4, -0.2) is 126 Å². The second-order valence-corrected chi connectivity index (χ2v) is 17.0. The number of likely N-dealkylation sites (tertiary alicyclic amines) is 3. The molecule has 17 heteroatoms. The van der Waals surface area contributed by atoms with E-state index in [1.807, 2.05) is 48.5 Å². The number of nitrogen functional groups attached to an aromatic ring is 2. The van der Waals surface area contributed by atoms with Crippen molar-refractivity contribution in [2.24, 2.45) is 11.8 Å². The molecule has 0 bridgehead atoms. The number of carbonyl (C=O) groups excluding carboxylic acids is 5. The second kappa shape index (κ2) is 21.7. The summed E-state index contributed by atoms with van der Waals surface area (Å²) in [6.45, 7) is 4.80. The van der Waals surface area contributed by atoms with Crippen molar-refractivity contribution in [3.05, 3.63) is 70.5 Å². The van der Waals surface area contributed by atoms with Crippen LogP contribution in [0.1, 0.15) is 73.0 Å². The van der Waals surface area contributed by atoms with Gasteiger partial charge in [-0.1, -0.05) is 35.9 Å². The normalized spacial score (nSPS) is 21.3. The number of amides is 3. The van der Waals surface area contributed by atoms with Crippen molar-refractivity contribution in [3.8, 4) is 11.5 Å². The van der Waals surface area contributed by atoms with Gasteiger partial charge in [-0.05, 0) is 73.9 Å². The van der Waals surface area contributed by atoms with E-state index in [4.69, 9.17) is 32.5 Å². The Hall–Kier alpha value is -4.99. The van der Waals surface area contributed by atoms with Crippen LogP contribution in [0.25, 0.3) is 0 Å². The summed E-state index contributed by atoms with van der Waals surface area (Å²) in [7, 11) is 3.53. The summed E-state index contributed by atoms with van der Waals surface area (Å²) in [6, 6.07) is 15.6. The number of carbonyl (C=O) groups is 5. The Kier molecular flexibility index (Phi) is 16.7. The predicted molar refractivity (Wildman–Crippen MR) is 227 cm³/mol. The number of benzene rings is 2. The van der Waals surface area contributed by atoms with Gasteiger partial charge in [-0.25, -0.2) is 9.97 Å². The lowest BCUT2D eigenvalue weighted by Gasteiger charge is -2.45. The molecule has 330 valence electrons. The van der Waals surface area contributed by atoms with Crippen LogP contribution in [0.3, 0.4) is 0 Å². The molecule has 3 aliphatic rings. The molecule has 0 saturated carbocycles. The third kappa shape index (κ3) is 13.0. The number of quaternary nitrogens is 1. The lowest BCUT2D eigenvalue weighted by Crippen LogP contribution is -3.00. The lowest BCUT2D eigenvalue weighted by molar-refractivity contribution is -0.933. The van der Waals surface area contributed by atoms with Crippen molar-refractivity contribution in [3.63, 3.8) is 0 Å². The molecule has 6 rings (SSSR count). The minimum Gasteiger partial charge on any atom is -1.00 e. The standard InChI is InChI=1S/C44H57ClN8O7.ClH/c1-51-19-17-31(43(51)57)24-34(54)27-59-36-13-9-29(10-14-36)6-3-21-53(23-5-8-33(26-53)48-42(56)38-40(46)50-41(47)39(45)49-38)22-4-7-30-11-15-37(16-12-30)60-28-35(55)25-32-18-20-52(2)44(32)58;/h9-16,31-33H,3-8,17-28H2,1-2H3,(H4-,46,47,48,50,56);1H/t31?,32?,33-,53?;/m0./s1. The summed E-state index contributed by atoms with van der Waals surface area (Å²) in [4.78, 5) is 74.2. The molecule has 3 aliphatic heterocycles. The van der Waals surface area contributed by atoms with Crippen LogP contribution in [0.2, 0.25) is 5.15 Å². The summed E-state index contributed by atoms with van der Waals surface area (Å²) in [5.41, 5.74) is 14.0. The van der Waals surface area contributed by atoms with E-state index < -0.39 is 5.91 Å². The Bertz CT molecular complexity index is 1920. The van der Waals surface area contributed by atoms with Gasteiger partial charge in [0.2, 0.25) is 11.8 Å². The van der Waals surface area contributed by atoms with Gasteiger partial charge in [0, 0.05) is 64.7 Å². The average molecular weight is 882 g/mol. The van der Waals surface area contributed by atoms with E-state index >= 15 is 0 Å². The summed E-state index contributed by atoms with van der Waals surface area (Å²) in [5.74, 6) is 0.0974. The molecule has 4 heterocycles. The number of ketones is 2. The Morgan fingerprint density at radius 3 is 1.72 bits per heavy atom. The minimum atomic E-state index is -0.431. The van der Waals surface area contributed by atoms with Crippen LogP contribution in [-0.2, 0) is 32.0 Å². The molecule has 1 aromatic heterocycles. The Morgan fingerprint density at radius 1 is 0.770 bits per heavy atom. The summed E-state index contributed by atoms with van der Waals surface area (Å²) in [6.07, 6.45) is 7.11. The van der Waals surface area contributed by atoms with Gasteiger partial charge in [-0.3, -0.25) is 24.0 Å². The minimum absolute atomic E-state index is 0. The summed E-state index contributed by atoms with van der Waals surface area (Å²) in [5, 5.41) is 3.07. The smallest absolute Gasteiger partial charge is 0.274 e. The molecular formula is C44H58Cl2N8O7. The van der Waals surface area contributed by atoms with Crippen LogP contribution in [0, 0.1) is 11.8 Å². The zero-order valence-electron chi connectivity index (χ0n) is 35.1. The van der Waals surface area contributed by atoms with Crippen molar-refractivity contribution >= 4 is 52.5 Å². The van der Waals surface area contributed by atoms with Gasteiger partial charge in [0.15, 0.2) is 34.0 Å². The Labute approximate surface area is 368 Å². The fraction of sp³-hybridized carbons (Fsp3) is 0.523. The molecule has 2 aromatic carbocycles. The van der Waals surface area contributed by atoms with Gasteiger partial charge in [-0.15, -0.1) is 0 Å². The topological polar surface area (TPSA) is 200 Å². The SMILES string of the molecule is CN1CCC(CC(=O)COc2ccc(CCC[N+]3(CCCc4ccc(OCC(=O)CC5CCN(C)C5=O)cc4)CCC[C@H](NC(=O)c4nc(Cl)c(N)nc4N)C3)cc2)C1=O.[Cl-]. The maximum atomic E-state index is 13.3. The number of nitrogens with zero attached hydrogens (tertiary/aromatic N) is 5. The van der Waals surface area contributed by atoms with E-state index in [0.717, 1.165) is 80.3 Å². The second-order valence-electron chi connectivity index (χ2n) is 16.7. The first-order chi connectivity index (χ1) is 28.8. The number of Topliss-reactive ketones (excluding diaryl/α,β-unsaturated/α-hetero) is 2. The van der Waals surface area contributed by atoms with Crippen molar-refractivity contribution < 1.29 is 50.3 Å². The number of nitrogens with two attached hydrogens (primary N) is 2. The molecule has 5 N–H and O–H groups in total. The lowest BCUT2D eigenvalue weighted by atomic mass is 9.99. The molecule has 3 atom stereocenters. The van der Waals surface area contributed by atoms with Gasteiger partial charge in [-0.2, -0.15) is 0 Å². The van der Waals surface area contributed by atoms with E-state index in [1.165, 1.54) is 0 Å². The number of halogens is 2. The highest BCUT2D eigenvalue weighted by Gasteiger charge is 2.36. The van der Waals surface area contributed by atoms with Crippen LogP contribution in [0.4, 0.5) is 11.6 Å². The fourth-order valence-electron chi connectivity index (χ4n) is 8.73. The monoisotopic (exact) mass is 880 g/mol. The zero-order valence-corrected chi connectivity index (χ0v) is 36.6. The van der Waals surface area contributed by atoms with E-state index in [9.17, 15) is 24.0 Å². The quantitative estimate of drug-likeness (QED) is 0.136. The average Bonchev–Trinajstić information content (AvgIpc) is 3.72. The first-order valence-corrected chi connectivity index (χ1v) is 21.4. The molecule has 0 radical (unpaired) electrons. The number of aryl methyl sites for hydroxylation is 2. The first-order valence-electron chi connectivity index (χ1n) is 21.0.